The standard InChI is InChI=1S/C17H22N2O4/c1-18-17-12-7-5-6-11(15(12)19-23-17)10-8-13(20-2)16(22-4)14(9-10)21-3/h8-9,11,18H,5-7H2,1-4H3. The zero-order chi connectivity index (χ0) is 16.4. The van der Waals surface area contributed by atoms with Gasteiger partial charge in [-0.15, -0.1) is 0 Å². The average molecular weight is 318 g/mol. The van der Waals surface area contributed by atoms with E-state index in [0.29, 0.717) is 17.2 Å². The van der Waals surface area contributed by atoms with Gasteiger partial charge in [0.1, 0.15) is 0 Å². The molecule has 0 amide bonds. The number of benzene rings is 1. The number of nitrogens with zero attached hydrogens (tertiary/aromatic N) is 1. The molecule has 1 aromatic carbocycles. The number of fused-ring (bicyclic) bond motifs is 1. The van der Waals surface area contributed by atoms with E-state index < -0.39 is 0 Å². The van der Waals surface area contributed by atoms with Crippen LogP contribution in [0.3, 0.4) is 0 Å². The first kappa shape index (κ1) is 15.5. The first-order valence-corrected chi connectivity index (χ1v) is 7.69. The topological polar surface area (TPSA) is 65.8 Å². The highest BCUT2D eigenvalue weighted by molar-refractivity contribution is 5.56. The summed E-state index contributed by atoms with van der Waals surface area (Å²) in [6, 6.07) is 3.99. The van der Waals surface area contributed by atoms with Gasteiger partial charge in [0.2, 0.25) is 11.6 Å². The predicted molar refractivity (Wildman–Crippen MR) is 86.9 cm³/mol. The quantitative estimate of drug-likeness (QED) is 0.913. The third-order valence-corrected chi connectivity index (χ3v) is 4.38. The van der Waals surface area contributed by atoms with Crippen molar-refractivity contribution in [2.24, 2.45) is 0 Å². The predicted octanol–water partition coefficient (Wildman–Crippen LogP) is 3.21. The van der Waals surface area contributed by atoms with Gasteiger partial charge < -0.3 is 24.1 Å². The number of hydrogen-bond donors (Lipinski definition) is 1. The van der Waals surface area contributed by atoms with Crippen LogP contribution >= 0.6 is 0 Å². The van der Waals surface area contributed by atoms with Gasteiger partial charge in [-0.3, -0.25) is 0 Å². The SMILES string of the molecule is CNc1onc2c1CCCC2c1cc(OC)c(OC)c(OC)c1. The normalized spacial score (nSPS) is 16.6. The second kappa shape index (κ2) is 6.40. The van der Waals surface area contributed by atoms with Crippen LogP contribution < -0.4 is 19.5 Å². The van der Waals surface area contributed by atoms with Gasteiger partial charge in [-0.2, -0.15) is 0 Å². The maximum atomic E-state index is 5.46. The third kappa shape index (κ3) is 2.58. The van der Waals surface area contributed by atoms with Crippen molar-refractivity contribution in [3.05, 3.63) is 29.0 Å². The summed E-state index contributed by atoms with van der Waals surface area (Å²) in [7, 11) is 6.71. The molecule has 0 aliphatic heterocycles. The van der Waals surface area contributed by atoms with E-state index in [4.69, 9.17) is 18.7 Å². The Balaban J connectivity index is 2.08. The Morgan fingerprint density at radius 2 is 1.83 bits per heavy atom. The monoisotopic (exact) mass is 318 g/mol. The minimum absolute atomic E-state index is 0.165. The number of hydrogen-bond acceptors (Lipinski definition) is 6. The van der Waals surface area contributed by atoms with Crippen LogP contribution in [0.5, 0.6) is 17.2 Å². The molecule has 6 heteroatoms. The smallest absolute Gasteiger partial charge is 0.227 e. The maximum absolute atomic E-state index is 5.46. The van der Waals surface area contributed by atoms with Gasteiger partial charge in [0.15, 0.2) is 11.5 Å². The van der Waals surface area contributed by atoms with E-state index in [2.05, 4.69) is 10.5 Å². The van der Waals surface area contributed by atoms with Gasteiger partial charge >= 0.3 is 0 Å². The lowest BCUT2D eigenvalue weighted by atomic mass is 9.82. The molecule has 1 aromatic heterocycles. The summed E-state index contributed by atoms with van der Waals surface area (Å²) in [6.45, 7) is 0. The molecule has 0 radical (unpaired) electrons. The molecule has 0 saturated heterocycles. The third-order valence-electron chi connectivity index (χ3n) is 4.38. The molecule has 1 unspecified atom stereocenters. The highest BCUT2D eigenvalue weighted by Gasteiger charge is 2.30. The van der Waals surface area contributed by atoms with Crippen molar-refractivity contribution in [2.75, 3.05) is 33.7 Å². The lowest BCUT2D eigenvalue weighted by Crippen LogP contribution is -2.12. The van der Waals surface area contributed by atoms with Crippen molar-refractivity contribution in [3.8, 4) is 17.2 Å². The largest absolute Gasteiger partial charge is 0.493 e. The van der Waals surface area contributed by atoms with E-state index in [1.165, 1.54) is 0 Å². The Labute approximate surface area is 135 Å². The Kier molecular flexibility index (Phi) is 4.32. The molecule has 1 aliphatic carbocycles. The number of methoxy groups -OCH3 is 3. The molecular formula is C17H22N2O4. The maximum Gasteiger partial charge on any atom is 0.227 e. The Bertz CT molecular complexity index is 671. The fourth-order valence-electron chi connectivity index (χ4n) is 3.28. The van der Waals surface area contributed by atoms with Crippen LogP contribution in [0, 0.1) is 0 Å². The molecule has 1 aliphatic rings. The molecule has 1 N–H and O–H groups in total. The molecule has 124 valence electrons. The summed E-state index contributed by atoms with van der Waals surface area (Å²) in [4.78, 5) is 0. The molecule has 0 fully saturated rings. The zero-order valence-electron chi connectivity index (χ0n) is 13.9. The fraction of sp³-hybridized carbons (Fsp3) is 0.471. The second-order valence-corrected chi connectivity index (χ2v) is 5.53. The van der Waals surface area contributed by atoms with Crippen molar-refractivity contribution in [2.45, 2.75) is 25.2 Å². The first-order valence-electron chi connectivity index (χ1n) is 7.69. The summed E-state index contributed by atoms with van der Waals surface area (Å²) in [5.74, 6) is 2.85. The zero-order valence-corrected chi connectivity index (χ0v) is 13.9. The summed E-state index contributed by atoms with van der Waals surface area (Å²) in [5.41, 5.74) is 3.25. The minimum Gasteiger partial charge on any atom is -0.493 e. The summed E-state index contributed by atoms with van der Waals surface area (Å²) in [5, 5.41) is 7.36. The Hall–Kier alpha value is -2.37. The van der Waals surface area contributed by atoms with Crippen LogP contribution in [0.2, 0.25) is 0 Å². The minimum atomic E-state index is 0.165. The average Bonchev–Trinajstić information content (AvgIpc) is 3.03. The molecule has 2 aromatic rings. The summed E-state index contributed by atoms with van der Waals surface area (Å²) >= 11 is 0. The van der Waals surface area contributed by atoms with Crippen molar-refractivity contribution < 1.29 is 18.7 Å². The van der Waals surface area contributed by atoms with Gasteiger partial charge in [0.25, 0.3) is 0 Å². The molecule has 0 spiro atoms. The van der Waals surface area contributed by atoms with Crippen LogP contribution in [0.25, 0.3) is 0 Å². The van der Waals surface area contributed by atoms with E-state index in [1.807, 2.05) is 19.2 Å². The van der Waals surface area contributed by atoms with E-state index in [9.17, 15) is 0 Å². The van der Waals surface area contributed by atoms with Crippen molar-refractivity contribution >= 4 is 5.88 Å². The summed E-state index contributed by atoms with van der Waals surface area (Å²) < 4.78 is 21.8. The Morgan fingerprint density at radius 3 is 2.39 bits per heavy atom. The molecule has 0 bridgehead atoms. The highest BCUT2D eigenvalue weighted by Crippen LogP contribution is 2.45. The van der Waals surface area contributed by atoms with Gasteiger partial charge in [-0.1, -0.05) is 5.16 Å². The van der Waals surface area contributed by atoms with E-state index in [0.717, 1.165) is 42.0 Å². The van der Waals surface area contributed by atoms with Crippen LogP contribution in [-0.4, -0.2) is 33.5 Å². The number of aromatic nitrogens is 1. The van der Waals surface area contributed by atoms with Crippen LogP contribution in [0.1, 0.15) is 35.6 Å². The summed E-state index contributed by atoms with van der Waals surface area (Å²) in [6.07, 6.45) is 3.08. The molecule has 23 heavy (non-hydrogen) atoms. The second-order valence-electron chi connectivity index (χ2n) is 5.53. The first-order chi connectivity index (χ1) is 11.2. The molecule has 0 saturated carbocycles. The highest BCUT2D eigenvalue weighted by atomic mass is 16.5. The van der Waals surface area contributed by atoms with Gasteiger partial charge in [0, 0.05) is 18.5 Å². The van der Waals surface area contributed by atoms with Crippen molar-refractivity contribution in [1.29, 1.82) is 0 Å². The number of anilines is 1. The van der Waals surface area contributed by atoms with E-state index >= 15 is 0 Å². The lowest BCUT2D eigenvalue weighted by Gasteiger charge is -2.23. The molecule has 1 atom stereocenters. The van der Waals surface area contributed by atoms with Crippen molar-refractivity contribution in [1.82, 2.24) is 5.16 Å². The number of rotatable bonds is 5. The molecule has 3 rings (SSSR count). The van der Waals surface area contributed by atoms with E-state index in [-0.39, 0.29) is 5.92 Å². The van der Waals surface area contributed by atoms with Gasteiger partial charge in [0.05, 0.1) is 27.0 Å². The van der Waals surface area contributed by atoms with Crippen LogP contribution in [-0.2, 0) is 6.42 Å². The van der Waals surface area contributed by atoms with Gasteiger partial charge in [-0.25, -0.2) is 0 Å². The van der Waals surface area contributed by atoms with Crippen LogP contribution in [0.4, 0.5) is 5.88 Å². The van der Waals surface area contributed by atoms with Crippen molar-refractivity contribution in [3.63, 3.8) is 0 Å². The lowest BCUT2D eigenvalue weighted by molar-refractivity contribution is 0.323. The Morgan fingerprint density at radius 1 is 1.13 bits per heavy atom. The molecule has 6 nitrogen and oxygen atoms in total. The molecular weight excluding hydrogens is 296 g/mol. The van der Waals surface area contributed by atoms with Gasteiger partial charge in [-0.05, 0) is 37.0 Å². The van der Waals surface area contributed by atoms with E-state index in [1.54, 1.807) is 21.3 Å². The van der Waals surface area contributed by atoms with Crippen LogP contribution in [0.15, 0.2) is 16.7 Å². The molecule has 1 heterocycles. The number of nitrogens with one attached hydrogen (secondary N) is 1. The number of ether oxygens (including phenoxy) is 3. The fourth-order valence-corrected chi connectivity index (χ4v) is 3.28.